The summed E-state index contributed by atoms with van der Waals surface area (Å²) in [5, 5.41) is 18.8. The zero-order chi connectivity index (χ0) is 13.6. The molecule has 0 saturated carbocycles. The van der Waals surface area contributed by atoms with E-state index in [1.54, 1.807) is 4.57 Å². The zero-order valence-electron chi connectivity index (χ0n) is 9.77. The normalized spacial score (nSPS) is 27.2. The highest BCUT2D eigenvalue weighted by molar-refractivity contribution is 6.28. The molecule has 0 bridgehead atoms. The minimum atomic E-state index is -0.734. The topological polar surface area (TPSA) is 119 Å². The second kappa shape index (κ2) is 4.57. The van der Waals surface area contributed by atoms with Gasteiger partial charge in [-0.3, -0.25) is 4.57 Å². The van der Waals surface area contributed by atoms with Gasteiger partial charge in [0.25, 0.3) is 0 Å². The van der Waals surface area contributed by atoms with Crippen LogP contribution in [0.3, 0.4) is 0 Å². The van der Waals surface area contributed by atoms with E-state index in [1.807, 2.05) is 0 Å². The number of aliphatic hydroxyl groups excluding tert-OH is 2. The smallest absolute Gasteiger partial charge is 0.226 e. The van der Waals surface area contributed by atoms with Crippen LogP contribution in [0.1, 0.15) is 12.6 Å². The maximum absolute atomic E-state index is 9.74. The molecule has 3 rings (SSSR count). The van der Waals surface area contributed by atoms with Gasteiger partial charge in [-0.25, -0.2) is 4.98 Å². The van der Waals surface area contributed by atoms with Crippen molar-refractivity contribution in [1.82, 2.24) is 19.5 Å². The minimum absolute atomic E-state index is 0.0176. The molecule has 0 aliphatic carbocycles. The van der Waals surface area contributed by atoms with E-state index < -0.39 is 18.4 Å². The molecule has 2 aromatic rings. The maximum Gasteiger partial charge on any atom is 0.226 e. The standard InChI is InChI=1S/C10H12ClN5O3/c11-10-14-8(12)7-9(15-10)16(3-13-7)6-1-4(18)5(2-17)19-6/h3-6,17-18H,1-2H2,(H2,12,14,15)/t4-,5?,6?/m1/s1. The van der Waals surface area contributed by atoms with Crippen molar-refractivity contribution in [2.75, 3.05) is 12.3 Å². The number of rotatable bonds is 2. The molecule has 0 amide bonds. The van der Waals surface area contributed by atoms with Crippen LogP contribution in [0.2, 0.25) is 5.28 Å². The Balaban J connectivity index is 2.02. The molecule has 1 saturated heterocycles. The van der Waals surface area contributed by atoms with Crippen LogP contribution in [0.5, 0.6) is 0 Å². The maximum atomic E-state index is 9.74. The van der Waals surface area contributed by atoms with E-state index in [-0.39, 0.29) is 17.7 Å². The number of imidazole rings is 1. The van der Waals surface area contributed by atoms with Crippen molar-refractivity contribution in [3.63, 3.8) is 0 Å². The summed E-state index contributed by atoms with van der Waals surface area (Å²) in [6.07, 6.45) is 0.0169. The first-order valence-electron chi connectivity index (χ1n) is 5.70. The Morgan fingerprint density at radius 1 is 1.53 bits per heavy atom. The summed E-state index contributed by atoms with van der Waals surface area (Å²) in [6, 6.07) is 0. The number of hydrogen-bond donors (Lipinski definition) is 3. The number of nitrogens with two attached hydrogens (primary N) is 1. The summed E-state index contributed by atoms with van der Waals surface area (Å²) in [5.74, 6) is 0.186. The van der Waals surface area contributed by atoms with Crippen molar-refractivity contribution in [1.29, 1.82) is 0 Å². The Labute approximate surface area is 112 Å². The number of aliphatic hydroxyl groups is 2. The molecule has 102 valence electrons. The van der Waals surface area contributed by atoms with Gasteiger partial charge in [0.1, 0.15) is 17.8 Å². The van der Waals surface area contributed by atoms with Crippen molar-refractivity contribution in [2.24, 2.45) is 0 Å². The molecule has 4 N–H and O–H groups in total. The first kappa shape index (κ1) is 12.5. The van der Waals surface area contributed by atoms with Gasteiger partial charge in [0.05, 0.1) is 19.0 Å². The van der Waals surface area contributed by atoms with E-state index in [0.717, 1.165) is 0 Å². The van der Waals surface area contributed by atoms with Gasteiger partial charge in [-0.15, -0.1) is 0 Å². The fourth-order valence-corrected chi connectivity index (χ4v) is 2.34. The van der Waals surface area contributed by atoms with Crippen molar-refractivity contribution >= 4 is 28.6 Å². The first-order valence-corrected chi connectivity index (χ1v) is 6.08. The van der Waals surface area contributed by atoms with Gasteiger partial charge in [-0.1, -0.05) is 0 Å². The lowest BCUT2D eigenvalue weighted by molar-refractivity contribution is -0.0432. The van der Waals surface area contributed by atoms with Crippen molar-refractivity contribution in [3.05, 3.63) is 11.6 Å². The Morgan fingerprint density at radius 3 is 3.00 bits per heavy atom. The number of nitrogens with zero attached hydrogens (tertiary/aromatic N) is 4. The van der Waals surface area contributed by atoms with Gasteiger partial charge in [0.2, 0.25) is 5.28 Å². The number of anilines is 1. The molecule has 3 heterocycles. The molecule has 1 aliphatic rings. The monoisotopic (exact) mass is 285 g/mol. The van der Waals surface area contributed by atoms with E-state index in [4.69, 9.17) is 27.2 Å². The molecule has 3 atom stereocenters. The molecular weight excluding hydrogens is 274 g/mol. The van der Waals surface area contributed by atoms with Gasteiger partial charge >= 0.3 is 0 Å². The zero-order valence-corrected chi connectivity index (χ0v) is 10.5. The predicted molar refractivity (Wildman–Crippen MR) is 66.4 cm³/mol. The van der Waals surface area contributed by atoms with Crippen molar-refractivity contribution in [2.45, 2.75) is 24.9 Å². The molecule has 1 fully saturated rings. The number of hydrogen-bond acceptors (Lipinski definition) is 7. The van der Waals surface area contributed by atoms with Gasteiger partial charge in [-0.05, 0) is 11.6 Å². The molecule has 2 aromatic heterocycles. The van der Waals surface area contributed by atoms with Crippen LogP contribution < -0.4 is 5.73 Å². The fraction of sp³-hybridized carbons (Fsp3) is 0.500. The number of fused-ring (bicyclic) bond motifs is 1. The van der Waals surface area contributed by atoms with Crippen LogP contribution >= 0.6 is 11.6 Å². The summed E-state index contributed by atoms with van der Waals surface area (Å²) in [5.41, 5.74) is 6.57. The summed E-state index contributed by atoms with van der Waals surface area (Å²) in [4.78, 5) is 12.0. The third kappa shape index (κ3) is 2.02. The molecule has 0 spiro atoms. The van der Waals surface area contributed by atoms with E-state index in [2.05, 4.69) is 15.0 Å². The van der Waals surface area contributed by atoms with Crippen LogP contribution in [0, 0.1) is 0 Å². The Morgan fingerprint density at radius 2 is 2.32 bits per heavy atom. The van der Waals surface area contributed by atoms with Crippen molar-refractivity contribution in [3.8, 4) is 0 Å². The van der Waals surface area contributed by atoms with Gasteiger partial charge in [0.15, 0.2) is 11.5 Å². The third-order valence-electron chi connectivity index (χ3n) is 3.12. The minimum Gasteiger partial charge on any atom is -0.394 e. The molecule has 9 heteroatoms. The summed E-state index contributed by atoms with van der Waals surface area (Å²) in [7, 11) is 0. The molecule has 0 radical (unpaired) electrons. The average Bonchev–Trinajstić information content (AvgIpc) is 2.92. The van der Waals surface area contributed by atoms with Crippen LogP contribution in [-0.4, -0.2) is 48.5 Å². The van der Waals surface area contributed by atoms with Crippen molar-refractivity contribution < 1.29 is 14.9 Å². The average molecular weight is 286 g/mol. The Bertz CT molecular complexity index is 618. The third-order valence-corrected chi connectivity index (χ3v) is 3.28. The van der Waals surface area contributed by atoms with Crippen LogP contribution in [-0.2, 0) is 4.74 Å². The van der Waals surface area contributed by atoms with E-state index in [0.29, 0.717) is 17.6 Å². The summed E-state index contributed by atoms with van der Waals surface area (Å²) in [6.45, 7) is -0.248. The molecule has 2 unspecified atom stereocenters. The largest absolute Gasteiger partial charge is 0.394 e. The molecule has 19 heavy (non-hydrogen) atoms. The molecule has 8 nitrogen and oxygen atoms in total. The lowest BCUT2D eigenvalue weighted by atomic mass is 10.2. The second-order valence-corrected chi connectivity index (χ2v) is 4.65. The molecule has 0 aromatic carbocycles. The summed E-state index contributed by atoms with van der Waals surface area (Å²) < 4.78 is 7.16. The quantitative estimate of drug-likeness (QED) is 0.648. The highest BCUT2D eigenvalue weighted by Crippen LogP contribution is 2.31. The molecular formula is C10H12ClN5O3. The SMILES string of the molecule is Nc1nc(Cl)nc2c1ncn2C1C[C@@H](O)C(CO)O1. The van der Waals surface area contributed by atoms with Gasteiger partial charge in [0, 0.05) is 6.42 Å². The van der Waals surface area contributed by atoms with Crippen LogP contribution in [0.25, 0.3) is 11.2 Å². The number of ether oxygens (including phenoxy) is 1. The fourth-order valence-electron chi connectivity index (χ4n) is 2.17. The number of aromatic nitrogens is 4. The lowest BCUT2D eigenvalue weighted by Gasteiger charge is -2.13. The lowest BCUT2D eigenvalue weighted by Crippen LogP contribution is -2.24. The molecule has 1 aliphatic heterocycles. The second-order valence-electron chi connectivity index (χ2n) is 4.32. The highest BCUT2D eigenvalue weighted by atomic mass is 35.5. The number of halogens is 1. The summed E-state index contributed by atoms with van der Waals surface area (Å²) >= 11 is 5.77. The van der Waals surface area contributed by atoms with Crippen LogP contribution in [0.4, 0.5) is 5.82 Å². The number of nitrogen functional groups attached to an aromatic ring is 1. The van der Waals surface area contributed by atoms with Gasteiger partial charge < -0.3 is 20.7 Å². The predicted octanol–water partition coefficient (Wildman–Crippen LogP) is -0.297. The van der Waals surface area contributed by atoms with E-state index >= 15 is 0 Å². The Kier molecular flexibility index (Phi) is 3.02. The Hall–Kier alpha value is -1.48. The van der Waals surface area contributed by atoms with E-state index in [9.17, 15) is 5.11 Å². The van der Waals surface area contributed by atoms with E-state index in [1.165, 1.54) is 6.33 Å². The first-order chi connectivity index (χ1) is 9.10. The highest BCUT2D eigenvalue weighted by Gasteiger charge is 2.35. The van der Waals surface area contributed by atoms with Gasteiger partial charge in [-0.2, -0.15) is 9.97 Å². The van der Waals surface area contributed by atoms with Crippen LogP contribution in [0.15, 0.2) is 6.33 Å².